The van der Waals surface area contributed by atoms with Crippen molar-refractivity contribution in [1.82, 2.24) is 0 Å². The molecule has 3 aliphatic rings. The number of carboxylic acid groups (broad SMARTS) is 1. The molecule has 2 saturated heterocycles. The van der Waals surface area contributed by atoms with Crippen LogP contribution in [0, 0.1) is 11.8 Å². The molecule has 1 N–H and O–H groups in total. The van der Waals surface area contributed by atoms with Crippen LogP contribution in [0.5, 0.6) is 0 Å². The zero-order valence-corrected chi connectivity index (χ0v) is 14.0. The van der Waals surface area contributed by atoms with Crippen LogP contribution in [-0.4, -0.2) is 36.0 Å². The molecule has 2 heterocycles. The maximum absolute atomic E-state index is 10.5. The number of hydrogen-bond donors (Lipinski definition) is 1. The molecular weight excluding hydrogens is 292 g/mol. The molecule has 23 heavy (non-hydrogen) atoms. The molecule has 0 spiro atoms. The highest BCUT2D eigenvalue weighted by Crippen LogP contribution is 2.45. The van der Waals surface area contributed by atoms with Crippen molar-refractivity contribution in [3.63, 3.8) is 0 Å². The monoisotopic (exact) mass is 322 g/mol. The average Bonchev–Trinajstić information content (AvgIpc) is 3.25. The van der Waals surface area contributed by atoms with Gasteiger partial charge in [-0.05, 0) is 50.9 Å². The third kappa shape index (κ3) is 4.57. The maximum atomic E-state index is 10.5. The Morgan fingerprint density at radius 2 is 1.83 bits per heavy atom. The lowest BCUT2D eigenvalue weighted by atomic mass is 9.78. The van der Waals surface area contributed by atoms with Gasteiger partial charge in [0.15, 0.2) is 0 Å². The molecule has 0 amide bonds. The molecule has 0 unspecified atom stereocenters. The highest BCUT2D eigenvalue weighted by atomic mass is 16.5. The van der Waals surface area contributed by atoms with E-state index in [-0.39, 0.29) is 6.42 Å². The molecular formula is C19H30O4. The van der Waals surface area contributed by atoms with Gasteiger partial charge in [0, 0.05) is 12.3 Å². The fourth-order valence-electron chi connectivity index (χ4n) is 4.47. The summed E-state index contributed by atoms with van der Waals surface area (Å²) in [5, 5.41) is 8.64. The average molecular weight is 322 g/mol. The van der Waals surface area contributed by atoms with E-state index in [1.165, 1.54) is 38.5 Å². The lowest BCUT2D eigenvalue weighted by Gasteiger charge is -2.28. The number of ether oxygens (including phenoxy) is 2. The van der Waals surface area contributed by atoms with E-state index in [9.17, 15) is 4.79 Å². The van der Waals surface area contributed by atoms with E-state index >= 15 is 0 Å². The number of fused-ring (bicyclic) bond motifs is 2. The topological polar surface area (TPSA) is 55.8 Å². The van der Waals surface area contributed by atoms with Crippen LogP contribution in [0.4, 0.5) is 0 Å². The Bertz CT molecular complexity index is 414. The maximum Gasteiger partial charge on any atom is 0.303 e. The van der Waals surface area contributed by atoms with Crippen molar-refractivity contribution >= 4 is 5.97 Å². The van der Waals surface area contributed by atoms with Crippen molar-refractivity contribution in [3.05, 3.63) is 12.2 Å². The number of carbonyl (C=O) groups is 1. The molecule has 0 radical (unpaired) electrons. The highest BCUT2D eigenvalue weighted by molar-refractivity contribution is 5.66. The second-order valence-electron chi connectivity index (χ2n) is 7.35. The van der Waals surface area contributed by atoms with Crippen LogP contribution in [0.3, 0.4) is 0 Å². The SMILES string of the molecule is O=C(O)CCC/C=C\C[C@@H]1[C@@H](COC2CCCC2)[C@@H]2CC[C@H]1O2. The Hall–Kier alpha value is -0.870. The fourth-order valence-corrected chi connectivity index (χ4v) is 4.47. The van der Waals surface area contributed by atoms with E-state index in [1.807, 2.05) is 0 Å². The van der Waals surface area contributed by atoms with Gasteiger partial charge in [-0.3, -0.25) is 4.79 Å². The predicted octanol–water partition coefficient (Wildman–Crippen LogP) is 3.94. The second-order valence-corrected chi connectivity index (χ2v) is 7.35. The van der Waals surface area contributed by atoms with Crippen LogP contribution in [0.2, 0.25) is 0 Å². The summed E-state index contributed by atoms with van der Waals surface area (Å²) in [4.78, 5) is 10.5. The summed E-state index contributed by atoms with van der Waals surface area (Å²) in [6.45, 7) is 0.864. The number of hydrogen-bond acceptors (Lipinski definition) is 3. The molecule has 3 rings (SSSR count). The van der Waals surface area contributed by atoms with E-state index in [0.717, 1.165) is 25.9 Å². The molecule has 3 fully saturated rings. The van der Waals surface area contributed by atoms with Gasteiger partial charge >= 0.3 is 5.97 Å². The summed E-state index contributed by atoms with van der Waals surface area (Å²) < 4.78 is 12.3. The van der Waals surface area contributed by atoms with Crippen LogP contribution in [0.1, 0.15) is 64.2 Å². The lowest BCUT2D eigenvalue weighted by Crippen LogP contribution is -2.31. The van der Waals surface area contributed by atoms with Crippen LogP contribution < -0.4 is 0 Å². The summed E-state index contributed by atoms with van der Waals surface area (Å²) in [5.41, 5.74) is 0. The zero-order valence-electron chi connectivity index (χ0n) is 14.0. The normalized spacial score (nSPS) is 33.9. The van der Waals surface area contributed by atoms with E-state index < -0.39 is 5.97 Å². The quantitative estimate of drug-likeness (QED) is 0.516. The number of rotatable bonds is 9. The molecule has 130 valence electrons. The molecule has 1 saturated carbocycles. The largest absolute Gasteiger partial charge is 0.481 e. The molecule has 4 atom stereocenters. The van der Waals surface area contributed by atoms with Gasteiger partial charge in [0.25, 0.3) is 0 Å². The predicted molar refractivity (Wildman–Crippen MR) is 88.3 cm³/mol. The highest BCUT2D eigenvalue weighted by Gasteiger charge is 2.48. The summed E-state index contributed by atoms with van der Waals surface area (Å²) in [7, 11) is 0. The molecule has 0 aromatic carbocycles. The minimum Gasteiger partial charge on any atom is -0.481 e. The van der Waals surface area contributed by atoms with E-state index in [2.05, 4.69) is 12.2 Å². The van der Waals surface area contributed by atoms with E-state index in [4.69, 9.17) is 14.6 Å². The van der Waals surface area contributed by atoms with Gasteiger partial charge in [-0.15, -0.1) is 0 Å². The lowest BCUT2D eigenvalue weighted by molar-refractivity contribution is -0.137. The Balaban J connectivity index is 1.42. The van der Waals surface area contributed by atoms with E-state index in [0.29, 0.717) is 30.1 Å². The first-order chi connectivity index (χ1) is 11.2. The minimum atomic E-state index is -0.705. The van der Waals surface area contributed by atoms with Crippen LogP contribution >= 0.6 is 0 Å². The van der Waals surface area contributed by atoms with Gasteiger partial charge < -0.3 is 14.6 Å². The van der Waals surface area contributed by atoms with Crippen molar-refractivity contribution < 1.29 is 19.4 Å². The molecule has 2 bridgehead atoms. The summed E-state index contributed by atoms with van der Waals surface area (Å²) in [6.07, 6.45) is 16.1. The first kappa shape index (κ1) is 17.0. The van der Waals surface area contributed by atoms with Crippen molar-refractivity contribution in [2.75, 3.05) is 6.61 Å². The number of allylic oxidation sites excluding steroid dienone is 2. The third-order valence-electron chi connectivity index (χ3n) is 5.75. The molecule has 0 aromatic heterocycles. The smallest absolute Gasteiger partial charge is 0.303 e. The van der Waals surface area contributed by atoms with Crippen LogP contribution in [0.25, 0.3) is 0 Å². The summed E-state index contributed by atoms with van der Waals surface area (Å²) in [6, 6.07) is 0. The Morgan fingerprint density at radius 1 is 1.09 bits per heavy atom. The molecule has 1 aliphatic carbocycles. The molecule has 4 heteroatoms. The van der Waals surface area contributed by atoms with Crippen LogP contribution in [0.15, 0.2) is 12.2 Å². The Morgan fingerprint density at radius 3 is 2.57 bits per heavy atom. The van der Waals surface area contributed by atoms with E-state index in [1.54, 1.807) is 0 Å². The van der Waals surface area contributed by atoms with Crippen molar-refractivity contribution in [2.24, 2.45) is 11.8 Å². The van der Waals surface area contributed by atoms with Gasteiger partial charge in [-0.1, -0.05) is 25.0 Å². The third-order valence-corrected chi connectivity index (χ3v) is 5.75. The van der Waals surface area contributed by atoms with Gasteiger partial charge in [-0.25, -0.2) is 0 Å². The Labute approximate surface area is 139 Å². The van der Waals surface area contributed by atoms with Gasteiger partial charge in [0.2, 0.25) is 0 Å². The zero-order chi connectivity index (χ0) is 16.1. The number of aliphatic carboxylic acids is 1. The second kappa shape index (κ2) is 8.29. The fraction of sp³-hybridized carbons (Fsp3) is 0.842. The minimum absolute atomic E-state index is 0.263. The van der Waals surface area contributed by atoms with Crippen molar-refractivity contribution in [2.45, 2.75) is 82.5 Å². The summed E-state index contributed by atoms with van der Waals surface area (Å²) >= 11 is 0. The van der Waals surface area contributed by atoms with Crippen molar-refractivity contribution in [3.8, 4) is 0 Å². The van der Waals surface area contributed by atoms with Crippen LogP contribution in [-0.2, 0) is 14.3 Å². The Kier molecular flexibility index (Phi) is 6.12. The number of carboxylic acids is 1. The standard InChI is InChI=1S/C19H30O4/c20-19(21)10-4-2-1-3-9-15-16(18-12-11-17(15)23-18)13-22-14-7-5-6-8-14/h1,3,14-18H,2,4-13H2,(H,20,21)/b3-1-/t15-,16-,17-,18+/m1/s1. The van der Waals surface area contributed by atoms with Gasteiger partial charge in [0.1, 0.15) is 0 Å². The summed E-state index contributed by atoms with van der Waals surface area (Å²) in [5.74, 6) is 0.438. The number of unbranched alkanes of at least 4 members (excludes halogenated alkanes) is 1. The van der Waals surface area contributed by atoms with Gasteiger partial charge in [0.05, 0.1) is 24.9 Å². The molecule has 4 nitrogen and oxygen atoms in total. The molecule has 2 aliphatic heterocycles. The van der Waals surface area contributed by atoms with Gasteiger partial charge in [-0.2, -0.15) is 0 Å². The first-order valence-electron chi connectivity index (χ1n) is 9.38. The van der Waals surface area contributed by atoms with Crippen molar-refractivity contribution in [1.29, 1.82) is 0 Å². The molecule has 0 aromatic rings. The first-order valence-corrected chi connectivity index (χ1v) is 9.38.